The largest absolute Gasteiger partial charge is 0.370 e. The first-order valence-electron chi connectivity index (χ1n) is 13.1. The smallest absolute Gasteiger partial charge is 0.250 e. The molecule has 38 heavy (non-hydrogen) atoms. The fourth-order valence-electron chi connectivity index (χ4n) is 5.25. The molecule has 2 aromatic rings. The first-order valence-corrected chi connectivity index (χ1v) is 13.1. The maximum atomic E-state index is 12.5. The summed E-state index contributed by atoms with van der Waals surface area (Å²) in [6.45, 7) is 5.57. The van der Waals surface area contributed by atoms with Crippen LogP contribution in [0.4, 0.5) is 11.4 Å². The average molecular weight is 521 g/mol. The van der Waals surface area contributed by atoms with Gasteiger partial charge in [0, 0.05) is 36.4 Å². The Balaban J connectivity index is 1.76. The summed E-state index contributed by atoms with van der Waals surface area (Å²) >= 11 is 0. The van der Waals surface area contributed by atoms with Gasteiger partial charge in [0.15, 0.2) is 0 Å². The molecule has 0 spiro atoms. The van der Waals surface area contributed by atoms with Gasteiger partial charge in [-0.05, 0) is 71.7 Å². The molecule has 0 aromatic heterocycles. The Morgan fingerprint density at radius 2 is 1.68 bits per heavy atom. The number of hydrogen-bond acceptors (Lipinski definition) is 5. The minimum Gasteiger partial charge on any atom is -0.370 e. The number of azide groups is 1. The molecule has 1 heterocycles. The van der Waals surface area contributed by atoms with E-state index in [9.17, 15) is 25.1 Å². The van der Waals surface area contributed by atoms with Crippen molar-refractivity contribution >= 4 is 29.1 Å². The number of rotatable bonds is 11. The Kier molecular flexibility index (Phi) is 9.87. The molecule has 3 N–H and O–H groups in total. The zero-order valence-corrected chi connectivity index (χ0v) is 22.2. The van der Waals surface area contributed by atoms with E-state index in [1.54, 1.807) is 24.0 Å². The van der Waals surface area contributed by atoms with Crippen molar-refractivity contribution in [1.29, 1.82) is 0 Å². The van der Waals surface area contributed by atoms with E-state index in [4.69, 9.17) is 5.73 Å². The van der Waals surface area contributed by atoms with E-state index < -0.39 is 11.9 Å². The maximum absolute atomic E-state index is 12.5. The number of nitrogens with two attached hydrogens (primary N) is 1. The van der Waals surface area contributed by atoms with Gasteiger partial charge in [-0.2, -0.15) is 5.06 Å². The van der Waals surface area contributed by atoms with Crippen LogP contribution in [-0.4, -0.2) is 29.0 Å². The summed E-state index contributed by atoms with van der Waals surface area (Å²) in [6, 6.07) is 12.2. The van der Waals surface area contributed by atoms with Gasteiger partial charge in [0.25, 0.3) is 5.91 Å². The topological polar surface area (TPSA) is 153 Å². The number of nitrogens with zero attached hydrogens (tertiary/aromatic N) is 5. The molecule has 3 atom stereocenters. The van der Waals surface area contributed by atoms with Gasteiger partial charge in [-0.25, -0.2) is 0 Å². The first-order chi connectivity index (χ1) is 18.2. The summed E-state index contributed by atoms with van der Waals surface area (Å²) < 4.78 is 0. The number of unbranched alkanes of at least 4 members (excludes halogenated alkanes) is 3. The van der Waals surface area contributed by atoms with Crippen molar-refractivity contribution in [2.24, 2.45) is 16.8 Å². The highest BCUT2D eigenvalue weighted by Crippen LogP contribution is 2.45. The van der Waals surface area contributed by atoms with E-state index >= 15 is 0 Å². The van der Waals surface area contributed by atoms with Gasteiger partial charge in [0.1, 0.15) is 0 Å². The maximum Gasteiger partial charge on any atom is 0.250 e. The fourth-order valence-corrected chi connectivity index (χ4v) is 5.25. The molecule has 10 nitrogen and oxygen atoms in total. The highest BCUT2D eigenvalue weighted by Gasteiger charge is 2.39. The molecule has 202 valence electrons. The average Bonchev–Trinajstić information content (AvgIpc) is 2.90. The van der Waals surface area contributed by atoms with Crippen LogP contribution in [0.3, 0.4) is 0 Å². The second-order valence-electron chi connectivity index (χ2n) is 9.78. The van der Waals surface area contributed by atoms with Crippen molar-refractivity contribution in [3.8, 4) is 11.1 Å². The number of carbonyl (C=O) groups excluding carboxylic acids is 3. The molecule has 0 unspecified atom stereocenters. The van der Waals surface area contributed by atoms with E-state index in [1.807, 2.05) is 44.2 Å². The molecule has 1 aliphatic rings. The molecule has 3 amide bonds. The molecule has 3 rings (SSSR count). The molecular formula is C28H36N6O4. The van der Waals surface area contributed by atoms with Crippen molar-refractivity contribution in [3.63, 3.8) is 0 Å². The van der Waals surface area contributed by atoms with Gasteiger partial charge >= 0.3 is 0 Å². The van der Waals surface area contributed by atoms with Gasteiger partial charge in [-0.1, -0.05) is 50.0 Å². The molecule has 0 saturated carbocycles. The number of carbonyl (C=O) groups is 3. The third-order valence-electron chi connectivity index (χ3n) is 7.22. The second-order valence-corrected chi connectivity index (χ2v) is 9.78. The van der Waals surface area contributed by atoms with Crippen LogP contribution in [0.2, 0.25) is 0 Å². The predicted octanol–water partition coefficient (Wildman–Crippen LogP) is 6.03. The monoisotopic (exact) mass is 520 g/mol. The van der Waals surface area contributed by atoms with Crippen LogP contribution in [-0.2, 0) is 14.4 Å². The van der Waals surface area contributed by atoms with E-state index in [1.165, 1.54) is 0 Å². The minimum atomic E-state index is -0.406. The van der Waals surface area contributed by atoms with Crippen molar-refractivity contribution in [3.05, 3.63) is 58.5 Å². The predicted molar refractivity (Wildman–Crippen MR) is 146 cm³/mol. The molecule has 10 heteroatoms. The summed E-state index contributed by atoms with van der Waals surface area (Å²) in [4.78, 5) is 40.6. The normalized spacial score (nSPS) is 18.3. The SMILES string of the molecule is CC[C@H]1[C@@H](C)[C@H](N=[N+]=[N-])c2cc(-c3ccc(N(O)C(=O)CCCCCCC(N)=O)cc3)ccc2N1C(C)=O. The van der Waals surface area contributed by atoms with Crippen LogP contribution in [0.5, 0.6) is 0 Å². The first kappa shape index (κ1) is 28.7. The number of amides is 3. The lowest BCUT2D eigenvalue weighted by Gasteiger charge is -2.43. The van der Waals surface area contributed by atoms with Gasteiger partial charge < -0.3 is 10.6 Å². The van der Waals surface area contributed by atoms with Crippen LogP contribution < -0.4 is 15.7 Å². The molecule has 0 fully saturated rings. The number of benzene rings is 2. The minimum absolute atomic E-state index is 0.0537. The van der Waals surface area contributed by atoms with Gasteiger partial charge in [0.05, 0.1) is 11.7 Å². The lowest BCUT2D eigenvalue weighted by molar-refractivity contribution is -0.124. The number of fused-ring (bicyclic) bond motifs is 1. The summed E-state index contributed by atoms with van der Waals surface area (Å²) in [7, 11) is 0. The van der Waals surface area contributed by atoms with Gasteiger partial charge in [-0.15, -0.1) is 0 Å². The summed E-state index contributed by atoms with van der Waals surface area (Å²) in [5, 5.41) is 15.1. The molecule has 0 bridgehead atoms. The molecular weight excluding hydrogens is 484 g/mol. The van der Waals surface area contributed by atoms with Crippen LogP contribution in [0, 0.1) is 5.92 Å². The Hall–Kier alpha value is -3.88. The van der Waals surface area contributed by atoms with Crippen LogP contribution in [0.1, 0.15) is 77.3 Å². The quantitative estimate of drug-likeness (QED) is 0.0926. The van der Waals surface area contributed by atoms with Crippen molar-refractivity contribution < 1.29 is 19.6 Å². The Bertz CT molecular complexity index is 1210. The number of primary amides is 1. The Labute approximate surface area is 223 Å². The third-order valence-corrected chi connectivity index (χ3v) is 7.22. The lowest BCUT2D eigenvalue weighted by atomic mass is 9.80. The lowest BCUT2D eigenvalue weighted by Crippen LogP contribution is -2.48. The molecule has 0 aliphatic carbocycles. The summed E-state index contributed by atoms with van der Waals surface area (Å²) in [6.07, 6.45) is 4.18. The molecule has 0 radical (unpaired) electrons. The molecule has 0 saturated heterocycles. The van der Waals surface area contributed by atoms with Gasteiger partial charge in [-0.3, -0.25) is 19.6 Å². The van der Waals surface area contributed by atoms with Crippen molar-refractivity contribution in [2.45, 2.75) is 77.8 Å². The fraction of sp³-hybridized carbons (Fsp3) is 0.464. The van der Waals surface area contributed by atoms with Crippen LogP contribution in [0.25, 0.3) is 21.6 Å². The van der Waals surface area contributed by atoms with E-state index in [-0.39, 0.29) is 30.2 Å². The highest BCUT2D eigenvalue weighted by molar-refractivity contribution is 5.94. The van der Waals surface area contributed by atoms with Crippen molar-refractivity contribution in [1.82, 2.24) is 0 Å². The van der Waals surface area contributed by atoms with E-state index in [0.29, 0.717) is 30.0 Å². The van der Waals surface area contributed by atoms with Gasteiger partial charge in [0.2, 0.25) is 11.8 Å². The van der Waals surface area contributed by atoms with Crippen LogP contribution in [0.15, 0.2) is 47.6 Å². The summed E-state index contributed by atoms with van der Waals surface area (Å²) in [5.41, 5.74) is 18.0. The zero-order valence-electron chi connectivity index (χ0n) is 22.2. The Morgan fingerprint density at radius 3 is 2.26 bits per heavy atom. The number of hydroxylamine groups is 1. The molecule has 1 aliphatic heterocycles. The van der Waals surface area contributed by atoms with Crippen LogP contribution >= 0.6 is 0 Å². The highest BCUT2D eigenvalue weighted by atomic mass is 16.5. The standard InChI is InChI=1S/C28H36N6O4/c1-4-24-18(2)28(31-32-30)23-17-21(13-16-25(23)33(24)19(3)35)20-11-14-22(15-12-20)34(38)27(37)10-8-6-5-7-9-26(29)36/h11-18,24,28,38H,4-10H2,1-3H3,(H2,29,36)/t18-,24+,28+/m1/s1. The van der Waals surface area contributed by atoms with E-state index in [0.717, 1.165) is 41.6 Å². The number of anilines is 2. The van der Waals surface area contributed by atoms with Crippen molar-refractivity contribution in [2.75, 3.05) is 9.96 Å². The second kappa shape index (κ2) is 13.1. The molecule has 2 aromatic carbocycles. The van der Waals surface area contributed by atoms with E-state index in [2.05, 4.69) is 10.0 Å². The number of hydrogen-bond donors (Lipinski definition) is 2. The Morgan fingerprint density at radius 1 is 1.05 bits per heavy atom. The third kappa shape index (κ3) is 6.51. The summed E-state index contributed by atoms with van der Waals surface area (Å²) in [5.74, 6) is -0.834. The zero-order chi connectivity index (χ0) is 27.8.